The lowest BCUT2D eigenvalue weighted by atomic mass is 10.2. The van der Waals surface area contributed by atoms with Crippen molar-refractivity contribution < 1.29 is 10.0 Å². The summed E-state index contributed by atoms with van der Waals surface area (Å²) in [6, 6.07) is 4.55. The molecule has 1 aromatic carbocycles. The summed E-state index contributed by atoms with van der Waals surface area (Å²) in [4.78, 5) is 15.0. The number of nitrogens with zero attached hydrogens (tertiary/aromatic N) is 2. The van der Waals surface area contributed by atoms with Crippen molar-refractivity contribution in [3.05, 3.63) is 44.4 Å². The molecule has 0 bridgehead atoms. The van der Waals surface area contributed by atoms with Crippen LogP contribution in [0.1, 0.15) is 30.5 Å². The van der Waals surface area contributed by atoms with Gasteiger partial charge in [-0.3, -0.25) is 10.1 Å². The second kappa shape index (κ2) is 7.89. The summed E-state index contributed by atoms with van der Waals surface area (Å²) in [6.07, 6.45) is 0. The Labute approximate surface area is 138 Å². The van der Waals surface area contributed by atoms with E-state index in [1.165, 1.54) is 12.1 Å². The van der Waals surface area contributed by atoms with Crippen molar-refractivity contribution in [1.82, 2.24) is 4.98 Å². The maximum atomic E-state index is 10.9. The Kier molecular flexibility index (Phi) is 5.89. The summed E-state index contributed by atoms with van der Waals surface area (Å²) in [5.74, 6) is 0.383. The normalized spacial score (nSPS) is 10.8. The number of nitro groups is 1. The molecular weight excluding hydrogens is 316 g/mol. The Balaban J connectivity index is 2.14. The second-order valence-electron chi connectivity index (χ2n) is 5.32. The fourth-order valence-corrected chi connectivity index (χ4v) is 2.83. The Bertz CT molecular complexity index is 672. The fraction of sp³-hybridized carbons (Fsp3) is 0.400. The molecule has 124 valence electrons. The van der Waals surface area contributed by atoms with Gasteiger partial charge in [0, 0.05) is 30.0 Å². The van der Waals surface area contributed by atoms with Crippen molar-refractivity contribution >= 4 is 28.4 Å². The van der Waals surface area contributed by atoms with Gasteiger partial charge < -0.3 is 15.7 Å². The fourth-order valence-electron chi connectivity index (χ4n) is 1.99. The van der Waals surface area contributed by atoms with Crippen LogP contribution in [0.25, 0.3) is 0 Å². The molecule has 0 fully saturated rings. The van der Waals surface area contributed by atoms with Gasteiger partial charge in [-0.15, -0.1) is 11.3 Å². The van der Waals surface area contributed by atoms with Gasteiger partial charge in [0.25, 0.3) is 5.69 Å². The molecule has 0 atom stereocenters. The molecule has 0 radical (unpaired) electrons. The zero-order valence-corrected chi connectivity index (χ0v) is 13.9. The Morgan fingerprint density at radius 1 is 1.35 bits per heavy atom. The molecule has 0 unspecified atom stereocenters. The molecular formula is C15H20N4O3S. The molecule has 1 aromatic heterocycles. The summed E-state index contributed by atoms with van der Waals surface area (Å²) in [6.45, 7) is 5.03. The van der Waals surface area contributed by atoms with Gasteiger partial charge in [-0.25, -0.2) is 4.98 Å². The van der Waals surface area contributed by atoms with E-state index in [4.69, 9.17) is 5.11 Å². The largest absolute Gasteiger partial charge is 0.395 e. The van der Waals surface area contributed by atoms with Crippen LogP contribution < -0.4 is 10.6 Å². The van der Waals surface area contributed by atoms with Gasteiger partial charge in [-0.05, 0) is 6.07 Å². The van der Waals surface area contributed by atoms with Crippen LogP contribution in [-0.4, -0.2) is 28.2 Å². The van der Waals surface area contributed by atoms with Crippen molar-refractivity contribution in [2.24, 2.45) is 0 Å². The molecule has 0 aliphatic rings. The summed E-state index contributed by atoms with van der Waals surface area (Å²) in [7, 11) is 0. The van der Waals surface area contributed by atoms with E-state index < -0.39 is 4.92 Å². The van der Waals surface area contributed by atoms with Crippen LogP contribution >= 0.6 is 11.3 Å². The molecule has 3 N–H and O–H groups in total. The predicted octanol–water partition coefficient (Wildman–Crippen LogP) is 3.19. The second-order valence-corrected chi connectivity index (χ2v) is 6.21. The monoisotopic (exact) mass is 336 g/mol. The van der Waals surface area contributed by atoms with Gasteiger partial charge in [0.15, 0.2) is 0 Å². The average Bonchev–Trinajstić information content (AvgIpc) is 3.00. The molecule has 2 rings (SSSR count). The van der Waals surface area contributed by atoms with Gasteiger partial charge >= 0.3 is 0 Å². The predicted molar refractivity (Wildman–Crippen MR) is 92.2 cm³/mol. The SMILES string of the molecule is CC(C)c1nc(CNc2cc([N+](=O)[O-])ccc2NCCO)cs1. The first-order valence-electron chi connectivity index (χ1n) is 7.32. The number of anilines is 2. The smallest absolute Gasteiger partial charge is 0.271 e. The molecule has 0 aliphatic heterocycles. The standard InChI is InChI=1S/C15H20N4O3S/c1-10(2)15-18-11(9-23-15)8-17-14-7-12(19(21)22)3-4-13(14)16-5-6-20/h3-4,7,9-10,16-17,20H,5-6,8H2,1-2H3. The van der Waals surface area contributed by atoms with E-state index in [1.807, 2.05) is 5.38 Å². The number of aromatic nitrogens is 1. The minimum absolute atomic E-state index is 0.0136. The van der Waals surface area contributed by atoms with Gasteiger partial charge in [0.1, 0.15) is 0 Å². The molecule has 0 amide bonds. The molecule has 23 heavy (non-hydrogen) atoms. The van der Waals surface area contributed by atoms with Gasteiger partial charge in [-0.1, -0.05) is 13.8 Å². The van der Waals surface area contributed by atoms with Crippen LogP contribution in [-0.2, 0) is 6.54 Å². The third-order valence-electron chi connectivity index (χ3n) is 3.16. The number of non-ortho nitro benzene ring substituents is 1. The molecule has 8 heteroatoms. The summed E-state index contributed by atoms with van der Waals surface area (Å²) in [5, 5.41) is 29.1. The molecule has 7 nitrogen and oxygen atoms in total. The number of aliphatic hydroxyl groups excluding tert-OH is 1. The molecule has 0 aliphatic carbocycles. The zero-order chi connectivity index (χ0) is 16.8. The molecule has 0 spiro atoms. The van der Waals surface area contributed by atoms with Crippen LogP contribution in [0.3, 0.4) is 0 Å². The lowest BCUT2D eigenvalue weighted by Crippen LogP contribution is -2.09. The quantitative estimate of drug-likeness (QED) is 0.505. The zero-order valence-electron chi connectivity index (χ0n) is 13.1. The molecule has 2 aromatic rings. The van der Waals surface area contributed by atoms with E-state index in [2.05, 4.69) is 29.5 Å². The third-order valence-corrected chi connectivity index (χ3v) is 4.36. The van der Waals surface area contributed by atoms with Crippen LogP contribution in [0, 0.1) is 10.1 Å². The Hall–Kier alpha value is -2.19. The lowest BCUT2D eigenvalue weighted by Gasteiger charge is -2.12. The highest BCUT2D eigenvalue weighted by Gasteiger charge is 2.12. The highest BCUT2D eigenvalue weighted by molar-refractivity contribution is 7.09. The molecule has 1 heterocycles. The number of aliphatic hydroxyl groups is 1. The van der Waals surface area contributed by atoms with Crippen LogP contribution in [0.4, 0.5) is 17.1 Å². The first-order chi connectivity index (χ1) is 11.0. The molecule has 0 saturated heterocycles. The van der Waals surface area contributed by atoms with Crippen molar-refractivity contribution in [2.45, 2.75) is 26.3 Å². The van der Waals surface area contributed by atoms with Gasteiger partial charge in [0.05, 0.1) is 40.2 Å². The van der Waals surface area contributed by atoms with Crippen molar-refractivity contribution in [3.63, 3.8) is 0 Å². The number of rotatable bonds is 8. The van der Waals surface area contributed by atoms with E-state index >= 15 is 0 Å². The third kappa shape index (κ3) is 4.64. The van der Waals surface area contributed by atoms with E-state index in [-0.39, 0.29) is 12.3 Å². The van der Waals surface area contributed by atoms with E-state index in [0.29, 0.717) is 30.4 Å². The number of nitro benzene ring substituents is 1. The van der Waals surface area contributed by atoms with E-state index in [0.717, 1.165) is 10.7 Å². The van der Waals surface area contributed by atoms with Crippen molar-refractivity contribution in [3.8, 4) is 0 Å². The lowest BCUT2D eigenvalue weighted by molar-refractivity contribution is -0.384. The van der Waals surface area contributed by atoms with E-state index in [1.54, 1.807) is 17.4 Å². The minimum Gasteiger partial charge on any atom is -0.395 e. The number of benzene rings is 1. The maximum Gasteiger partial charge on any atom is 0.271 e. The average molecular weight is 336 g/mol. The summed E-state index contributed by atoms with van der Waals surface area (Å²) < 4.78 is 0. The first-order valence-corrected chi connectivity index (χ1v) is 8.20. The van der Waals surface area contributed by atoms with Crippen molar-refractivity contribution in [2.75, 3.05) is 23.8 Å². The Morgan fingerprint density at radius 3 is 2.74 bits per heavy atom. The maximum absolute atomic E-state index is 10.9. The van der Waals surface area contributed by atoms with Crippen molar-refractivity contribution in [1.29, 1.82) is 0 Å². The van der Waals surface area contributed by atoms with E-state index in [9.17, 15) is 10.1 Å². The van der Waals surface area contributed by atoms with Gasteiger partial charge in [-0.2, -0.15) is 0 Å². The summed E-state index contributed by atoms with van der Waals surface area (Å²) in [5.41, 5.74) is 2.25. The topological polar surface area (TPSA) is 100 Å². The number of nitrogens with one attached hydrogen (secondary N) is 2. The van der Waals surface area contributed by atoms with Crippen LogP contribution in [0.15, 0.2) is 23.6 Å². The number of thiazole rings is 1. The van der Waals surface area contributed by atoms with Crippen LogP contribution in [0.5, 0.6) is 0 Å². The highest BCUT2D eigenvalue weighted by Crippen LogP contribution is 2.28. The molecule has 0 saturated carbocycles. The Morgan fingerprint density at radius 2 is 2.13 bits per heavy atom. The minimum atomic E-state index is -0.430. The summed E-state index contributed by atoms with van der Waals surface area (Å²) >= 11 is 1.61. The number of hydrogen-bond acceptors (Lipinski definition) is 7. The first kappa shape index (κ1) is 17.2. The number of hydrogen-bond donors (Lipinski definition) is 3. The highest BCUT2D eigenvalue weighted by atomic mass is 32.1. The van der Waals surface area contributed by atoms with Crippen LogP contribution in [0.2, 0.25) is 0 Å². The van der Waals surface area contributed by atoms with Gasteiger partial charge in [0.2, 0.25) is 0 Å².